The Morgan fingerprint density at radius 1 is 1.09 bits per heavy atom. The summed E-state index contributed by atoms with van der Waals surface area (Å²) in [7, 11) is 0. The van der Waals surface area contributed by atoms with Crippen molar-refractivity contribution >= 4 is 23.6 Å². The molecule has 176 valence electrons. The molecule has 0 saturated carbocycles. The molecule has 1 atom stereocenters. The summed E-state index contributed by atoms with van der Waals surface area (Å²) >= 11 is 0. The summed E-state index contributed by atoms with van der Waals surface area (Å²) in [6.45, 7) is 6.10. The highest BCUT2D eigenvalue weighted by atomic mass is 19.1. The van der Waals surface area contributed by atoms with Gasteiger partial charge in [0.1, 0.15) is 17.5 Å². The van der Waals surface area contributed by atoms with E-state index in [0.717, 1.165) is 18.4 Å². The molecule has 1 aliphatic heterocycles. The third kappa shape index (κ3) is 7.03. The largest absolute Gasteiger partial charge is 0.444 e. The number of hydrogen-bond donors (Lipinski definition) is 2. The Morgan fingerprint density at radius 3 is 2.58 bits per heavy atom. The van der Waals surface area contributed by atoms with Crippen LogP contribution >= 0.6 is 0 Å². The zero-order valence-corrected chi connectivity index (χ0v) is 19.2. The average Bonchev–Trinajstić information content (AvgIpc) is 2.76. The van der Waals surface area contributed by atoms with Crippen molar-refractivity contribution in [1.82, 2.24) is 10.2 Å². The Labute approximate surface area is 193 Å². The Hall–Kier alpha value is -3.42. The van der Waals surface area contributed by atoms with Crippen molar-refractivity contribution in [2.45, 2.75) is 58.2 Å². The van der Waals surface area contributed by atoms with Gasteiger partial charge in [0.25, 0.3) is 5.91 Å². The summed E-state index contributed by atoms with van der Waals surface area (Å²) in [5.41, 5.74) is 0.892. The maximum absolute atomic E-state index is 13.4. The molecule has 0 aliphatic carbocycles. The van der Waals surface area contributed by atoms with Crippen molar-refractivity contribution in [1.29, 1.82) is 0 Å². The highest BCUT2D eigenvalue weighted by Gasteiger charge is 2.34. The van der Waals surface area contributed by atoms with Gasteiger partial charge in [-0.05, 0) is 75.9 Å². The van der Waals surface area contributed by atoms with E-state index in [-0.39, 0.29) is 18.0 Å². The first-order valence-electron chi connectivity index (χ1n) is 11.1. The molecule has 3 rings (SSSR count). The van der Waals surface area contributed by atoms with Crippen LogP contribution in [0.25, 0.3) is 0 Å². The van der Waals surface area contributed by atoms with E-state index < -0.39 is 29.5 Å². The monoisotopic (exact) mass is 455 g/mol. The Morgan fingerprint density at radius 2 is 1.85 bits per heavy atom. The molecule has 0 aromatic heterocycles. The number of piperidine rings is 1. The van der Waals surface area contributed by atoms with Crippen LogP contribution in [0, 0.1) is 5.82 Å². The van der Waals surface area contributed by atoms with Gasteiger partial charge in [-0.15, -0.1) is 0 Å². The maximum atomic E-state index is 13.4. The fraction of sp³-hybridized carbons (Fsp3) is 0.400. The van der Waals surface area contributed by atoms with Gasteiger partial charge in [-0.25, -0.2) is 9.18 Å². The summed E-state index contributed by atoms with van der Waals surface area (Å²) in [5, 5.41) is 5.62. The van der Waals surface area contributed by atoms with E-state index in [4.69, 9.17) is 4.74 Å². The zero-order chi connectivity index (χ0) is 24.0. The van der Waals surface area contributed by atoms with Crippen LogP contribution in [0.5, 0.6) is 0 Å². The van der Waals surface area contributed by atoms with Crippen molar-refractivity contribution in [3.63, 3.8) is 0 Å². The number of nitrogens with zero attached hydrogens (tertiary/aromatic N) is 1. The van der Waals surface area contributed by atoms with Crippen molar-refractivity contribution < 1.29 is 23.5 Å². The van der Waals surface area contributed by atoms with E-state index in [9.17, 15) is 18.8 Å². The van der Waals surface area contributed by atoms with E-state index >= 15 is 0 Å². The molecular formula is C25H30FN3O4. The van der Waals surface area contributed by atoms with Crippen LogP contribution in [-0.4, -0.2) is 41.0 Å². The number of rotatable bonds is 5. The van der Waals surface area contributed by atoms with E-state index in [1.165, 1.54) is 29.2 Å². The van der Waals surface area contributed by atoms with Gasteiger partial charge in [0, 0.05) is 24.3 Å². The molecule has 2 aromatic rings. The van der Waals surface area contributed by atoms with Gasteiger partial charge in [-0.2, -0.15) is 0 Å². The average molecular weight is 456 g/mol. The molecule has 3 amide bonds. The lowest BCUT2D eigenvalue weighted by atomic mass is 10.0. The molecule has 1 aliphatic rings. The van der Waals surface area contributed by atoms with Gasteiger partial charge in [0.2, 0.25) is 5.91 Å². The van der Waals surface area contributed by atoms with Crippen LogP contribution in [0.4, 0.5) is 14.9 Å². The number of amides is 3. The quantitative estimate of drug-likeness (QED) is 0.696. The smallest absolute Gasteiger partial charge is 0.410 e. The number of nitrogens with one attached hydrogen (secondary N) is 2. The van der Waals surface area contributed by atoms with Gasteiger partial charge in [-0.3, -0.25) is 14.5 Å². The molecule has 1 heterocycles. The van der Waals surface area contributed by atoms with Gasteiger partial charge in [0.15, 0.2) is 0 Å². The number of carbonyl (C=O) groups is 3. The minimum absolute atomic E-state index is 0.216. The van der Waals surface area contributed by atoms with E-state index in [2.05, 4.69) is 10.6 Å². The minimum atomic E-state index is -0.633. The topological polar surface area (TPSA) is 87.7 Å². The minimum Gasteiger partial charge on any atom is -0.444 e. The number of ether oxygens (including phenoxy) is 1. The molecule has 0 bridgehead atoms. The number of likely N-dealkylation sites (tertiary alicyclic amines) is 1. The van der Waals surface area contributed by atoms with Crippen LogP contribution in [-0.2, 0) is 16.1 Å². The highest BCUT2D eigenvalue weighted by molar-refractivity contribution is 6.04. The van der Waals surface area contributed by atoms with Crippen molar-refractivity contribution in [3.8, 4) is 0 Å². The first kappa shape index (κ1) is 24.2. The van der Waals surface area contributed by atoms with Gasteiger partial charge >= 0.3 is 6.09 Å². The molecule has 7 nitrogen and oxygen atoms in total. The van der Waals surface area contributed by atoms with Crippen LogP contribution in [0.3, 0.4) is 0 Å². The molecular weight excluding hydrogens is 425 g/mol. The molecule has 2 N–H and O–H groups in total. The Kier molecular flexibility index (Phi) is 7.68. The third-order valence-corrected chi connectivity index (χ3v) is 5.17. The second-order valence-corrected chi connectivity index (χ2v) is 9.07. The second kappa shape index (κ2) is 10.5. The SMILES string of the molecule is CC(C)(C)OC(=O)N1CCCCC1C(=O)NCc1cccc(NC(=O)c2cccc(F)c2)c1. The summed E-state index contributed by atoms with van der Waals surface area (Å²) in [5.74, 6) is -1.15. The lowest BCUT2D eigenvalue weighted by Crippen LogP contribution is -2.52. The number of benzene rings is 2. The molecule has 1 fully saturated rings. The van der Waals surface area contributed by atoms with Gasteiger partial charge < -0.3 is 15.4 Å². The Balaban J connectivity index is 1.60. The van der Waals surface area contributed by atoms with E-state index in [0.29, 0.717) is 18.7 Å². The molecule has 0 radical (unpaired) electrons. The van der Waals surface area contributed by atoms with Crippen LogP contribution in [0.2, 0.25) is 0 Å². The van der Waals surface area contributed by atoms with Crippen LogP contribution in [0.15, 0.2) is 48.5 Å². The maximum Gasteiger partial charge on any atom is 0.410 e. The third-order valence-electron chi connectivity index (χ3n) is 5.17. The first-order chi connectivity index (χ1) is 15.6. The summed E-state index contributed by atoms with van der Waals surface area (Å²) in [6, 6.07) is 11.9. The zero-order valence-electron chi connectivity index (χ0n) is 19.2. The van der Waals surface area contributed by atoms with Crippen molar-refractivity contribution in [2.24, 2.45) is 0 Å². The Bertz CT molecular complexity index is 1020. The number of anilines is 1. The van der Waals surface area contributed by atoms with Crippen LogP contribution < -0.4 is 10.6 Å². The van der Waals surface area contributed by atoms with Gasteiger partial charge in [0.05, 0.1) is 0 Å². The predicted octanol–water partition coefficient (Wildman–Crippen LogP) is 4.48. The molecule has 2 aromatic carbocycles. The molecule has 1 unspecified atom stereocenters. The summed E-state index contributed by atoms with van der Waals surface area (Å²) in [4.78, 5) is 39.3. The fourth-order valence-corrected chi connectivity index (χ4v) is 3.64. The first-order valence-corrected chi connectivity index (χ1v) is 11.1. The van der Waals surface area contributed by atoms with Crippen LogP contribution in [0.1, 0.15) is 56.0 Å². The lowest BCUT2D eigenvalue weighted by Gasteiger charge is -2.35. The predicted molar refractivity (Wildman–Crippen MR) is 123 cm³/mol. The van der Waals surface area contributed by atoms with E-state index in [1.54, 1.807) is 39.0 Å². The number of carbonyl (C=O) groups excluding carboxylic acids is 3. The normalized spacial score (nSPS) is 16.1. The summed E-state index contributed by atoms with van der Waals surface area (Å²) in [6.07, 6.45) is 1.79. The fourth-order valence-electron chi connectivity index (χ4n) is 3.64. The number of halogens is 1. The second-order valence-electron chi connectivity index (χ2n) is 9.07. The molecule has 0 spiro atoms. The standard InChI is InChI=1S/C25H30FN3O4/c1-25(2,3)33-24(32)29-13-5-4-12-21(29)23(31)27-16-17-8-6-11-20(14-17)28-22(30)18-9-7-10-19(26)15-18/h6-11,14-15,21H,4-5,12-13,16H2,1-3H3,(H,27,31)(H,28,30). The molecule has 33 heavy (non-hydrogen) atoms. The number of hydrogen-bond acceptors (Lipinski definition) is 4. The van der Waals surface area contributed by atoms with E-state index in [1.807, 2.05) is 6.07 Å². The van der Waals surface area contributed by atoms with Crippen molar-refractivity contribution in [3.05, 3.63) is 65.5 Å². The summed E-state index contributed by atoms with van der Waals surface area (Å²) < 4.78 is 18.8. The lowest BCUT2D eigenvalue weighted by molar-refractivity contribution is -0.127. The van der Waals surface area contributed by atoms with Crippen molar-refractivity contribution in [2.75, 3.05) is 11.9 Å². The molecule has 8 heteroatoms. The highest BCUT2D eigenvalue weighted by Crippen LogP contribution is 2.21. The molecule has 1 saturated heterocycles. The van der Waals surface area contributed by atoms with Gasteiger partial charge in [-0.1, -0.05) is 18.2 Å².